The maximum atomic E-state index is 10.7. The van der Waals surface area contributed by atoms with Crippen LogP contribution in [0.3, 0.4) is 0 Å². The first kappa shape index (κ1) is 8.17. The van der Waals surface area contributed by atoms with Gasteiger partial charge in [-0.2, -0.15) is 0 Å². The summed E-state index contributed by atoms with van der Waals surface area (Å²) < 4.78 is 28.2. The minimum atomic E-state index is -3.74. The summed E-state index contributed by atoms with van der Waals surface area (Å²) in [5.41, 5.74) is 0. The Kier molecular flexibility index (Phi) is 2.44. The van der Waals surface area contributed by atoms with E-state index in [1.807, 2.05) is 0 Å². The first-order valence-electron chi connectivity index (χ1n) is 3.66. The Hall–Kier alpha value is 0.0700. The highest BCUT2D eigenvalue weighted by atomic mass is 32.3. The van der Waals surface area contributed by atoms with Gasteiger partial charge < -0.3 is 9.11 Å². The minimum Gasteiger partial charge on any atom is -0.309 e. The van der Waals surface area contributed by atoms with Crippen LogP contribution in [-0.2, 0) is 10.5 Å². The van der Waals surface area contributed by atoms with Gasteiger partial charge in [0, 0.05) is 0 Å². The van der Waals surface area contributed by atoms with Crippen molar-refractivity contribution in [2.75, 3.05) is 0 Å². The van der Waals surface area contributed by atoms with Crippen LogP contribution in [0.1, 0.15) is 32.1 Å². The van der Waals surface area contributed by atoms with E-state index < -0.39 is 10.5 Å². The Morgan fingerprint density at radius 3 is 1.90 bits per heavy atom. The summed E-state index contributed by atoms with van der Waals surface area (Å²) in [7, 11) is -3.74. The molecular weight excluding hydrogens is 152 g/mol. The number of thiol groups is 1. The standard InChI is InChI=1S/C6H14O3S/c7-10(8,9)6-4-2-1-3-5-6/h6,10H,1-5H2,(H2,7,8,9). The average molecular weight is 166 g/mol. The van der Waals surface area contributed by atoms with Gasteiger partial charge in [-0.25, -0.2) is 4.21 Å². The smallest absolute Gasteiger partial charge is 0.0760 e. The summed E-state index contributed by atoms with van der Waals surface area (Å²) in [6, 6.07) is 0. The predicted octanol–water partition coefficient (Wildman–Crippen LogP) is 1.28. The van der Waals surface area contributed by atoms with Gasteiger partial charge in [0.2, 0.25) is 0 Å². The third-order valence-corrected chi connectivity index (χ3v) is 3.52. The second kappa shape index (κ2) is 2.98. The Morgan fingerprint density at radius 1 is 1.10 bits per heavy atom. The van der Waals surface area contributed by atoms with Gasteiger partial charge in [0.15, 0.2) is 0 Å². The molecule has 3 nitrogen and oxygen atoms in total. The third-order valence-electron chi connectivity index (χ3n) is 2.05. The summed E-state index contributed by atoms with van der Waals surface area (Å²) >= 11 is 0. The van der Waals surface area contributed by atoms with E-state index >= 15 is 0 Å². The van der Waals surface area contributed by atoms with E-state index in [2.05, 4.69) is 0 Å². The molecule has 0 aromatic rings. The lowest BCUT2D eigenvalue weighted by Gasteiger charge is -2.26. The van der Waals surface area contributed by atoms with Crippen molar-refractivity contribution in [1.82, 2.24) is 0 Å². The zero-order valence-electron chi connectivity index (χ0n) is 5.86. The zero-order chi connectivity index (χ0) is 7.61. The molecule has 62 valence electrons. The van der Waals surface area contributed by atoms with Crippen LogP contribution in [0, 0.1) is 0 Å². The molecular formula is C6H14O3S. The van der Waals surface area contributed by atoms with Crippen molar-refractivity contribution >= 4 is 10.5 Å². The van der Waals surface area contributed by atoms with Crippen molar-refractivity contribution < 1.29 is 13.3 Å². The Morgan fingerprint density at radius 2 is 1.60 bits per heavy atom. The molecule has 0 aliphatic heterocycles. The van der Waals surface area contributed by atoms with Crippen molar-refractivity contribution in [1.29, 1.82) is 0 Å². The summed E-state index contributed by atoms with van der Waals surface area (Å²) in [6.45, 7) is 0. The molecule has 2 N–H and O–H groups in total. The van der Waals surface area contributed by atoms with Gasteiger partial charge in [-0.15, -0.1) is 0 Å². The van der Waals surface area contributed by atoms with Gasteiger partial charge in [0.05, 0.1) is 15.7 Å². The molecule has 1 aliphatic rings. The Bertz CT molecular complexity index is 145. The fourth-order valence-corrected chi connectivity index (χ4v) is 2.46. The van der Waals surface area contributed by atoms with Gasteiger partial charge in [-0.3, -0.25) is 0 Å². The molecule has 1 aliphatic carbocycles. The highest BCUT2D eigenvalue weighted by Crippen LogP contribution is 2.24. The van der Waals surface area contributed by atoms with Crippen LogP contribution in [0.4, 0.5) is 0 Å². The lowest BCUT2D eigenvalue weighted by atomic mass is 10.0. The lowest BCUT2D eigenvalue weighted by Crippen LogP contribution is -2.28. The van der Waals surface area contributed by atoms with Crippen LogP contribution >= 0.6 is 0 Å². The van der Waals surface area contributed by atoms with Crippen LogP contribution in [-0.4, -0.2) is 18.6 Å². The fourth-order valence-electron chi connectivity index (χ4n) is 1.42. The first-order chi connectivity index (χ1) is 4.61. The fraction of sp³-hybridized carbons (Fsp3) is 1.00. The first-order valence-corrected chi connectivity index (χ1v) is 5.34. The number of rotatable bonds is 1. The van der Waals surface area contributed by atoms with E-state index in [1.54, 1.807) is 0 Å². The molecule has 0 spiro atoms. The Labute approximate surface area is 61.9 Å². The van der Waals surface area contributed by atoms with Crippen LogP contribution in [0.25, 0.3) is 0 Å². The molecule has 0 bridgehead atoms. The van der Waals surface area contributed by atoms with Crippen molar-refractivity contribution in [2.24, 2.45) is 0 Å². The SMILES string of the molecule is O=[SH](O)(O)C1CCCCC1. The molecule has 0 aromatic heterocycles. The van der Waals surface area contributed by atoms with Gasteiger partial charge in [-0.05, 0) is 12.8 Å². The predicted molar refractivity (Wildman–Crippen MR) is 41.7 cm³/mol. The second-order valence-corrected chi connectivity index (χ2v) is 4.79. The summed E-state index contributed by atoms with van der Waals surface area (Å²) in [5, 5.41) is -0.332. The largest absolute Gasteiger partial charge is 0.309 e. The van der Waals surface area contributed by atoms with Crippen LogP contribution < -0.4 is 0 Å². The van der Waals surface area contributed by atoms with Crippen molar-refractivity contribution in [2.45, 2.75) is 37.4 Å². The number of hydrogen-bond donors (Lipinski definition) is 3. The molecule has 0 aromatic carbocycles. The summed E-state index contributed by atoms with van der Waals surface area (Å²) in [5.74, 6) is 0. The minimum absolute atomic E-state index is 0.332. The summed E-state index contributed by atoms with van der Waals surface area (Å²) in [4.78, 5) is 0. The maximum absolute atomic E-state index is 10.7. The van der Waals surface area contributed by atoms with Crippen molar-refractivity contribution in [3.63, 3.8) is 0 Å². The highest BCUT2D eigenvalue weighted by molar-refractivity contribution is 7.92. The van der Waals surface area contributed by atoms with E-state index in [0.29, 0.717) is 12.8 Å². The van der Waals surface area contributed by atoms with Gasteiger partial charge in [0.25, 0.3) is 0 Å². The molecule has 0 heterocycles. The van der Waals surface area contributed by atoms with Crippen LogP contribution in [0.2, 0.25) is 0 Å². The highest BCUT2D eigenvalue weighted by Gasteiger charge is 2.23. The maximum Gasteiger partial charge on any atom is 0.0760 e. The monoisotopic (exact) mass is 166 g/mol. The average Bonchev–Trinajstić information content (AvgIpc) is 1.88. The molecule has 0 atom stereocenters. The van der Waals surface area contributed by atoms with Gasteiger partial charge >= 0.3 is 0 Å². The van der Waals surface area contributed by atoms with Gasteiger partial charge in [-0.1, -0.05) is 19.3 Å². The molecule has 0 unspecified atom stereocenters. The van der Waals surface area contributed by atoms with E-state index in [4.69, 9.17) is 9.11 Å². The second-order valence-electron chi connectivity index (χ2n) is 2.88. The topological polar surface area (TPSA) is 57.5 Å². The quantitative estimate of drug-likeness (QED) is 0.514. The molecule has 0 saturated heterocycles. The molecule has 0 amide bonds. The third kappa shape index (κ3) is 2.04. The molecule has 4 heteroatoms. The summed E-state index contributed by atoms with van der Waals surface area (Å²) in [6.07, 6.45) is 4.52. The van der Waals surface area contributed by atoms with Crippen LogP contribution in [0.15, 0.2) is 0 Å². The van der Waals surface area contributed by atoms with Crippen molar-refractivity contribution in [3.8, 4) is 0 Å². The van der Waals surface area contributed by atoms with E-state index in [0.717, 1.165) is 19.3 Å². The van der Waals surface area contributed by atoms with E-state index in [1.165, 1.54) is 0 Å². The molecule has 10 heavy (non-hydrogen) atoms. The number of hydrogen-bond acceptors (Lipinski definition) is 1. The molecule has 0 radical (unpaired) electrons. The zero-order valence-corrected chi connectivity index (χ0v) is 6.76. The van der Waals surface area contributed by atoms with Crippen molar-refractivity contribution in [3.05, 3.63) is 0 Å². The van der Waals surface area contributed by atoms with Gasteiger partial charge in [0.1, 0.15) is 0 Å². The molecule has 1 fully saturated rings. The molecule has 1 saturated carbocycles. The van der Waals surface area contributed by atoms with E-state index in [-0.39, 0.29) is 5.25 Å². The normalized spacial score (nSPS) is 24.6. The molecule has 1 rings (SSSR count). The Balaban J connectivity index is 2.47. The van der Waals surface area contributed by atoms with Crippen LogP contribution in [0.5, 0.6) is 0 Å². The lowest BCUT2D eigenvalue weighted by molar-refractivity contribution is 0.379. The van der Waals surface area contributed by atoms with E-state index in [9.17, 15) is 4.21 Å².